The molecule has 1 N–H and O–H groups in total. The van der Waals surface area contributed by atoms with Crippen LogP contribution in [0.15, 0.2) is 24.3 Å². The van der Waals surface area contributed by atoms with Gasteiger partial charge in [-0.1, -0.05) is 18.5 Å². The van der Waals surface area contributed by atoms with Gasteiger partial charge in [0.25, 0.3) is 5.91 Å². The molecule has 3 atom stereocenters. The molecule has 11 heteroatoms. The summed E-state index contributed by atoms with van der Waals surface area (Å²) < 4.78 is 30.1. The number of carboxylic acids is 1. The highest BCUT2D eigenvalue weighted by Gasteiger charge is 2.57. The van der Waals surface area contributed by atoms with Crippen LogP contribution in [0.2, 0.25) is 5.02 Å². The molecule has 1 aliphatic heterocycles. The minimum absolute atomic E-state index is 0.0808. The van der Waals surface area contributed by atoms with E-state index in [1.165, 1.54) is 0 Å². The van der Waals surface area contributed by atoms with E-state index in [1.807, 2.05) is 20.8 Å². The third-order valence-corrected chi connectivity index (χ3v) is 7.72. The number of carbonyl (C=O) groups excluding carboxylic acids is 1. The lowest BCUT2D eigenvalue weighted by molar-refractivity contribution is -0.137. The van der Waals surface area contributed by atoms with Gasteiger partial charge in [0.05, 0.1) is 5.69 Å². The Balaban J connectivity index is 1.52. The highest BCUT2D eigenvalue weighted by molar-refractivity contribution is 6.31. The van der Waals surface area contributed by atoms with Gasteiger partial charge in [0, 0.05) is 49.8 Å². The Bertz CT molecular complexity index is 1360. The van der Waals surface area contributed by atoms with E-state index in [1.54, 1.807) is 21.5 Å². The van der Waals surface area contributed by atoms with Crippen molar-refractivity contribution in [1.29, 1.82) is 0 Å². The van der Waals surface area contributed by atoms with Crippen molar-refractivity contribution in [3.05, 3.63) is 46.6 Å². The van der Waals surface area contributed by atoms with Gasteiger partial charge in [-0.2, -0.15) is 9.61 Å². The summed E-state index contributed by atoms with van der Waals surface area (Å²) in [6, 6.07) is 5.66. The van der Waals surface area contributed by atoms with E-state index in [2.05, 4.69) is 15.0 Å². The highest BCUT2D eigenvalue weighted by atomic mass is 35.5. The normalized spacial score (nSPS) is 20.5. The Morgan fingerprint density at radius 1 is 1.16 bits per heavy atom. The Labute approximate surface area is 217 Å². The molecule has 1 saturated carbocycles. The molecule has 1 aromatic carbocycles. The number of fused-ring (bicyclic) bond motifs is 2. The quantitative estimate of drug-likeness (QED) is 0.422. The third kappa shape index (κ3) is 4.63. The predicted octanol–water partition coefficient (Wildman–Crippen LogP) is 4.75. The van der Waals surface area contributed by atoms with Gasteiger partial charge in [0.1, 0.15) is 22.5 Å². The lowest BCUT2D eigenvalue weighted by Gasteiger charge is -2.29. The number of aliphatic carboxylic acids is 1. The molecule has 1 aliphatic carbocycles. The number of nitrogens with zero attached hydrogens (tertiary/aromatic N) is 5. The molecule has 196 valence electrons. The van der Waals surface area contributed by atoms with E-state index in [0.29, 0.717) is 36.8 Å². The molecule has 0 spiro atoms. The number of carbonyl (C=O) groups is 2. The summed E-state index contributed by atoms with van der Waals surface area (Å²) in [6.07, 6.45) is 0.985. The van der Waals surface area contributed by atoms with Crippen LogP contribution in [0.1, 0.15) is 44.1 Å². The largest absolute Gasteiger partial charge is 0.481 e. The number of amides is 1. The number of hydrogen-bond acceptors (Lipinski definition) is 5. The maximum Gasteiger partial charge on any atom is 0.303 e. The molecule has 1 unspecified atom stereocenters. The van der Waals surface area contributed by atoms with Crippen LogP contribution in [-0.2, 0) is 4.79 Å². The van der Waals surface area contributed by atoms with Crippen molar-refractivity contribution in [3.63, 3.8) is 0 Å². The average molecular weight is 532 g/mol. The Kier molecular flexibility index (Phi) is 6.55. The number of carboxylic acid groups (broad SMARTS) is 1. The number of anilines is 1. The van der Waals surface area contributed by atoms with Gasteiger partial charge in [0.15, 0.2) is 11.3 Å². The zero-order chi connectivity index (χ0) is 26.6. The molecular formula is C26H28ClF2N5O3. The molecule has 2 fully saturated rings. The fourth-order valence-corrected chi connectivity index (χ4v) is 5.59. The molecule has 3 aromatic rings. The first-order valence-electron chi connectivity index (χ1n) is 12.4. The van der Waals surface area contributed by atoms with Gasteiger partial charge in [-0.15, -0.1) is 0 Å². The molecule has 8 nitrogen and oxygen atoms in total. The van der Waals surface area contributed by atoms with Crippen LogP contribution in [-0.4, -0.2) is 62.2 Å². The molecule has 37 heavy (non-hydrogen) atoms. The van der Waals surface area contributed by atoms with Gasteiger partial charge >= 0.3 is 5.97 Å². The van der Waals surface area contributed by atoms with Crippen LogP contribution >= 0.6 is 11.6 Å². The van der Waals surface area contributed by atoms with Crippen molar-refractivity contribution in [2.75, 3.05) is 24.5 Å². The summed E-state index contributed by atoms with van der Waals surface area (Å²) >= 11 is 5.68. The van der Waals surface area contributed by atoms with Gasteiger partial charge in [-0.05, 0) is 50.2 Å². The second-order valence-electron chi connectivity index (χ2n) is 10.1. The minimum atomic E-state index is -0.882. The van der Waals surface area contributed by atoms with Crippen molar-refractivity contribution in [3.8, 4) is 11.3 Å². The first kappa shape index (κ1) is 25.4. The zero-order valence-corrected chi connectivity index (χ0v) is 21.5. The van der Waals surface area contributed by atoms with E-state index in [0.717, 1.165) is 18.6 Å². The SMILES string of the molecule is CCCN(c1cc(-c2cc(F)c(Cl)c(F)c2)nc2cc(C(=O)N3CC4[C@@H](C3)[C@H]4CC(=O)O)nn12)C(C)C. The van der Waals surface area contributed by atoms with Crippen LogP contribution in [0.25, 0.3) is 16.9 Å². The number of benzene rings is 1. The Hall–Kier alpha value is -3.27. The molecule has 1 saturated heterocycles. The fourth-order valence-electron chi connectivity index (χ4n) is 5.48. The van der Waals surface area contributed by atoms with Crippen LogP contribution < -0.4 is 4.90 Å². The van der Waals surface area contributed by atoms with E-state index in [4.69, 9.17) is 16.7 Å². The predicted molar refractivity (Wildman–Crippen MR) is 135 cm³/mol. The second kappa shape index (κ2) is 9.55. The highest BCUT2D eigenvalue weighted by Crippen LogP contribution is 2.53. The maximum atomic E-state index is 14.3. The summed E-state index contributed by atoms with van der Waals surface area (Å²) in [7, 11) is 0. The second-order valence-corrected chi connectivity index (χ2v) is 10.5. The van der Waals surface area contributed by atoms with E-state index >= 15 is 0 Å². The van der Waals surface area contributed by atoms with Crippen molar-refractivity contribution in [1.82, 2.24) is 19.5 Å². The third-order valence-electron chi connectivity index (χ3n) is 7.36. The summed E-state index contributed by atoms with van der Waals surface area (Å²) in [4.78, 5) is 32.7. The molecule has 2 aliphatic rings. The fraction of sp³-hybridized carbons (Fsp3) is 0.462. The lowest BCUT2D eigenvalue weighted by atomic mass is 10.1. The van der Waals surface area contributed by atoms with E-state index < -0.39 is 22.6 Å². The summed E-state index contributed by atoms with van der Waals surface area (Å²) in [5, 5.41) is 13.1. The standard InChI is InChI=1S/C26H28ClF2N5O3/c1-4-5-33(13(2)3)23-10-20(14-6-18(28)25(27)19(29)7-14)30-22-9-21(31-34(22)23)26(37)32-11-16-15(8-24(35)36)17(16)12-32/h6-7,9-10,13,15-17H,4-5,8,11-12H2,1-3H3,(H,35,36)/t15-,16+,17?/m1/s1. The number of likely N-dealkylation sites (tertiary alicyclic amines) is 1. The number of piperidine rings is 1. The Morgan fingerprint density at radius 3 is 2.38 bits per heavy atom. The van der Waals surface area contributed by atoms with Crippen molar-refractivity contribution >= 4 is 34.9 Å². The minimum Gasteiger partial charge on any atom is -0.481 e. The van der Waals surface area contributed by atoms with Crippen molar-refractivity contribution in [2.45, 2.75) is 39.7 Å². The molecule has 5 rings (SSSR count). The summed E-state index contributed by atoms with van der Waals surface area (Å²) in [6.45, 7) is 7.83. The number of aromatic nitrogens is 3. The van der Waals surface area contributed by atoms with Crippen molar-refractivity contribution in [2.24, 2.45) is 17.8 Å². The number of halogens is 3. The van der Waals surface area contributed by atoms with Gasteiger partial charge < -0.3 is 14.9 Å². The van der Waals surface area contributed by atoms with Gasteiger partial charge in [-0.3, -0.25) is 9.59 Å². The molecular weight excluding hydrogens is 504 g/mol. The molecule has 2 aromatic heterocycles. The average Bonchev–Trinajstić information content (AvgIpc) is 3.20. The summed E-state index contributed by atoms with van der Waals surface area (Å²) in [5.41, 5.74) is 1.15. The van der Waals surface area contributed by atoms with Crippen LogP contribution in [0.3, 0.4) is 0 Å². The molecule has 0 radical (unpaired) electrons. The smallest absolute Gasteiger partial charge is 0.303 e. The van der Waals surface area contributed by atoms with E-state index in [-0.39, 0.29) is 47.4 Å². The number of rotatable bonds is 8. The Morgan fingerprint density at radius 2 is 1.81 bits per heavy atom. The first-order chi connectivity index (χ1) is 17.6. The molecule has 3 heterocycles. The van der Waals surface area contributed by atoms with E-state index in [9.17, 15) is 18.4 Å². The zero-order valence-electron chi connectivity index (χ0n) is 20.8. The van der Waals surface area contributed by atoms with Crippen LogP contribution in [0, 0.1) is 29.4 Å². The van der Waals surface area contributed by atoms with Crippen LogP contribution in [0.5, 0.6) is 0 Å². The van der Waals surface area contributed by atoms with Gasteiger partial charge in [-0.25, -0.2) is 13.8 Å². The van der Waals surface area contributed by atoms with Crippen LogP contribution in [0.4, 0.5) is 14.6 Å². The summed E-state index contributed by atoms with van der Waals surface area (Å²) in [5.74, 6) is -1.60. The van der Waals surface area contributed by atoms with Gasteiger partial charge in [0.2, 0.25) is 0 Å². The molecule has 0 bridgehead atoms. The lowest BCUT2D eigenvalue weighted by Crippen LogP contribution is -2.34. The number of hydrogen-bond donors (Lipinski definition) is 1. The topological polar surface area (TPSA) is 91.0 Å². The maximum absolute atomic E-state index is 14.3. The molecule has 1 amide bonds. The van der Waals surface area contributed by atoms with Crippen molar-refractivity contribution < 1.29 is 23.5 Å². The first-order valence-corrected chi connectivity index (χ1v) is 12.8. The monoisotopic (exact) mass is 531 g/mol.